The molecule has 0 aliphatic carbocycles. The lowest BCUT2D eigenvalue weighted by atomic mass is 10.0. The fourth-order valence-electron chi connectivity index (χ4n) is 3.89. The van der Waals surface area contributed by atoms with Gasteiger partial charge >= 0.3 is 0 Å². The maximum absolute atomic E-state index is 13.3. The molecule has 1 aliphatic heterocycles. The Labute approximate surface area is 174 Å². The number of hydrogen-bond donors (Lipinski definition) is 3. The minimum atomic E-state index is -0.355. The Morgan fingerprint density at radius 1 is 1.13 bits per heavy atom. The van der Waals surface area contributed by atoms with Crippen LogP contribution in [0.2, 0.25) is 0 Å². The van der Waals surface area contributed by atoms with Crippen LogP contribution in [0.15, 0.2) is 54.7 Å². The number of nitrogens with one attached hydrogen (secondary N) is 2. The van der Waals surface area contributed by atoms with E-state index in [4.69, 9.17) is 0 Å². The molecule has 3 aromatic rings. The number of aromatic nitrogens is 1. The number of rotatable bonds is 6. The molecule has 0 bridgehead atoms. The molecule has 6 nitrogen and oxygen atoms in total. The first-order chi connectivity index (χ1) is 14.6. The number of nitrogens with zero attached hydrogens (tertiary/aromatic N) is 2. The van der Waals surface area contributed by atoms with Gasteiger partial charge in [-0.25, -0.2) is 4.39 Å². The minimum Gasteiger partial charge on any atom is -0.392 e. The van der Waals surface area contributed by atoms with Crippen molar-refractivity contribution in [2.45, 2.75) is 25.5 Å². The van der Waals surface area contributed by atoms with Gasteiger partial charge in [0.05, 0.1) is 24.4 Å². The number of carbonyl (C=O) groups excluding carboxylic acids is 1. The zero-order valence-electron chi connectivity index (χ0n) is 16.6. The van der Waals surface area contributed by atoms with E-state index < -0.39 is 0 Å². The Balaban J connectivity index is 1.30. The Hall–Kier alpha value is -3.03. The van der Waals surface area contributed by atoms with Crippen LogP contribution in [-0.2, 0) is 11.4 Å². The molecule has 0 spiro atoms. The highest BCUT2D eigenvalue weighted by Crippen LogP contribution is 2.23. The summed E-state index contributed by atoms with van der Waals surface area (Å²) >= 11 is 0. The molecule has 0 saturated carbocycles. The Morgan fingerprint density at radius 2 is 1.93 bits per heavy atom. The molecule has 0 atom stereocenters. The number of anilines is 2. The standard InChI is InChI=1S/C23H25FN4O2/c24-18-6-7-20(17(13-18)15-29)26-19-8-11-28(12-9-19)14-22(30)27-21-5-1-3-16-4-2-10-25-23(16)21/h1-7,10,13,19,26,29H,8-9,11-12,14-15H2,(H,27,30). The lowest BCUT2D eigenvalue weighted by molar-refractivity contribution is -0.117. The Bertz CT molecular complexity index is 1030. The van der Waals surface area contributed by atoms with Gasteiger partial charge in [-0.3, -0.25) is 14.7 Å². The number of amides is 1. The molecule has 156 valence electrons. The molecule has 2 aromatic carbocycles. The number of hydrogen-bond acceptors (Lipinski definition) is 5. The molecular formula is C23H25FN4O2. The summed E-state index contributed by atoms with van der Waals surface area (Å²) in [5, 5.41) is 16.8. The molecule has 1 saturated heterocycles. The van der Waals surface area contributed by atoms with Crippen LogP contribution in [0, 0.1) is 5.82 Å². The summed E-state index contributed by atoms with van der Waals surface area (Å²) in [6.07, 6.45) is 3.45. The second-order valence-corrected chi connectivity index (χ2v) is 7.58. The predicted octanol–water partition coefficient (Wildman–Crippen LogP) is 3.38. The zero-order valence-corrected chi connectivity index (χ0v) is 16.6. The first kappa shape index (κ1) is 20.3. The monoisotopic (exact) mass is 408 g/mol. The van der Waals surface area contributed by atoms with Crippen LogP contribution in [-0.4, -0.2) is 46.6 Å². The van der Waals surface area contributed by atoms with Gasteiger partial charge in [0.25, 0.3) is 0 Å². The van der Waals surface area contributed by atoms with E-state index in [9.17, 15) is 14.3 Å². The van der Waals surface area contributed by atoms with Crippen LogP contribution in [0.4, 0.5) is 15.8 Å². The normalized spacial score (nSPS) is 15.3. The molecule has 1 amide bonds. The van der Waals surface area contributed by atoms with E-state index in [1.165, 1.54) is 12.1 Å². The first-order valence-corrected chi connectivity index (χ1v) is 10.1. The molecule has 0 radical (unpaired) electrons. The van der Waals surface area contributed by atoms with Crippen LogP contribution in [0.5, 0.6) is 0 Å². The third-order valence-electron chi connectivity index (χ3n) is 5.46. The van der Waals surface area contributed by atoms with E-state index in [0.717, 1.165) is 48.2 Å². The molecule has 30 heavy (non-hydrogen) atoms. The number of carbonyl (C=O) groups is 1. The Kier molecular flexibility index (Phi) is 6.21. The van der Waals surface area contributed by atoms with Crippen molar-refractivity contribution in [1.82, 2.24) is 9.88 Å². The third-order valence-corrected chi connectivity index (χ3v) is 5.46. The van der Waals surface area contributed by atoms with Gasteiger partial charge in [-0.05, 0) is 43.2 Å². The molecule has 2 heterocycles. The number of halogens is 1. The molecule has 1 aromatic heterocycles. The van der Waals surface area contributed by atoms with Gasteiger partial charge in [-0.2, -0.15) is 0 Å². The number of aliphatic hydroxyl groups is 1. The largest absolute Gasteiger partial charge is 0.392 e. The van der Waals surface area contributed by atoms with Gasteiger partial charge in [-0.1, -0.05) is 18.2 Å². The number of para-hydroxylation sites is 1. The Morgan fingerprint density at radius 3 is 2.73 bits per heavy atom. The van der Waals surface area contributed by atoms with Crippen LogP contribution < -0.4 is 10.6 Å². The van der Waals surface area contributed by atoms with Crippen LogP contribution >= 0.6 is 0 Å². The molecular weight excluding hydrogens is 383 g/mol. The topological polar surface area (TPSA) is 77.5 Å². The van der Waals surface area contributed by atoms with Crippen molar-refractivity contribution in [2.24, 2.45) is 0 Å². The number of fused-ring (bicyclic) bond motifs is 1. The number of piperidine rings is 1. The van der Waals surface area contributed by atoms with Crippen molar-refractivity contribution < 1.29 is 14.3 Å². The van der Waals surface area contributed by atoms with Crippen molar-refractivity contribution in [1.29, 1.82) is 0 Å². The molecule has 4 rings (SSSR count). The number of pyridine rings is 1. The van der Waals surface area contributed by atoms with Gasteiger partial charge in [0.15, 0.2) is 0 Å². The molecule has 0 unspecified atom stereocenters. The first-order valence-electron chi connectivity index (χ1n) is 10.1. The van der Waals surface area contributed by atoms with Crippen LogP contribution in [0.3, 0.4) is 0 Å². The van der Waals surface area contributed by atoms with E-state index in [2.05, 4.69) is 20.5 Å². The molecule has 1 fully saturated rings. The smallest absolute Gasteiger partial charge is 0.238 e. The summed E-state index contributed by atoms with van der Waals surface area (Å²) in [5.41, 5.74) is 2.83. The van der Waals surface area contributed by atoms with Crippen LogP contribution in [0.1, 0.15) is 18.4 Å². The van der Waals surface area contributed by atoms with E-state index in [1.807, 2.05) is 30.3 Å². The number of benzene rings is 2. The van der Waals surface area contributed by atoms with E-state index in [-0.39, 0.29) is 24.4 Å². The maximum atomic E-state index is 13.3. The van der Waals surface area contributed by atoms with Crippen molar-refractivity contribution in [3.8, 4) is 0 Å². The summed E-state index contributed by atoms with van der Waals surface area (Å²) in [4.78, 5) is 19.1. The fraction of sp³-hybridized carbons (Fsp3) is 0.304. The highest BCUT2D eigenvalue weighted by molar-refractivity contribution is 6.00. The second-order valence-electron chi connectivity index (χ2n) is 7.58. The summed E-state index contributed by atoms with van der Waals surface area (Å²) in [5.74, 6) is -0.410. The second kappa shape index (κ2) is 9.19. The van der Waals surface area contributed by atoms with Crippen LogP contribution in [0.25, 0.3) is 10.9 Å². The molecule has 7 heteroatoms. The van der Waals surface area contributed by atoms with Gasteiger partial charge in [0, 0.05) is 42.0 Å². The van der Waals surface area contributed by atoms with Gasteiger partial charge in [-0.15, -0.1) is 0 Å². The SMILES string of the molecule is O=C(CN1CCC(Nc2ccc(F)cc2CO)CC1)Nc1cccc2cccnc12. The molecule has 3 N–H and O–H groups in total. The average molecular weight is 408 g/mol. The van der Waals surface area contributed by atoms with Crippen molar-refractivity contribution >= 4 is 28.2 Å². The fourth-order valence-corrected chi connectivity index (χ4v) is 3.89. The van der Waals surface area contributed by atoms with E-state index >= 15 is 0 Å². The summed E-state index contributed by atoms with van der Waals surface area (Å²) < 4.78 is 13.3. The average Bonchev–Trinajstić information content (AvgIpc) is 2.76. The summed E-state index contributed by atoms with van der Waals surface area (Å²) in [6, 6.07) is 14.2. The number of likely N-dealkylation sites (tertiary alicyclic amines) is 1. The zero-order chi connectivity index (χ0) is 20.9. The van der Waals surface area contributed by atoms with Gasteiger partial charge < -0.3 is 15.7 Å². The summed E-state index contributed by atoms with van der Waals surface area (Å²) in [7, 11) is 0. The van der Waals surface area contributed by atoms with Gasteiger partial charge in [0.2, 0.25) is 5.91 Å². The highest BCUT2D eigenvalue weighted by Gasteiger charge is 2.21. The van der Waals surface area contributed by atoms with Crippen molar-refractivity contribution in [2.75, 3.05) is 30.3 Å². The van der Waals surface area contributed by atoms with Gasteiger partial charge in [0.1, 0.15) is 5.82 Å². The van der Waals surface area contributed by atoms with E-state index in [1.54, 1.807) is 12.3 Å². The van der Waals surface area contributed by atoms with Crippen molar-refractivity contribution in [3.05, 3.63) is 66.1 Å². The lowest BCUT2D eigenvalue weighted by Gasteiger charge is -2.32. The lowest BCUT2D eigenvalue weighted by Crippen LogP contribution is -2.42. The number of aliphatic hydroxyl groups excluding tert-OH is 1. The molecule has 1 aliphatic rings. The maximum Gasteiger partial charge on any atom is 0.238 e. The quantitative estimate of drug-likeness (QED) is 0.583. The minimum absolute atomic E-state index is 0.0549. The summed E-state index contributed by atoms with van der Waals surface area (Å²) in [6.45, 7) is 1.69. The highest BCUT2D eigenvalue weighted by atomic mass is 19.1. The third kappa shape index (κ3) is 4.75. The van der Waals surface area contributed by atoms with Crippen molar-refractivity contribution in [3.63, 3.8) is 0 Å². The van der Waals surface area contributed by atoms with E-state index in [0.29, 0.717) is 12.1 Å². The predicted molar refractivity (Wildman–Crippen MR) is 116 cm³/mol.